The second kappa shape index (κ2) is 6.12. The first-order valence-electron chi connectivity index (χ1n) is 7.68. The van der Waals surface area contributed by atoms with Gasteiger partial charge in [-0.2, -0.15) is 0 Å². The maximum Gasteiger partial charge on any atom is 0.150 e. The van der Waals surface area contributed by atoms with E-state index in [1.807, 2.05) is 37.3 Å². The number of hydrogen-bond acceptors (Lipinski definition) is 1. The highest BCUT2D eigenvalue weighted by atomic mass is 79.9. The predicted octanol–water partition coefficient (Wildman–Crippen LogP) is 7.51. The average Bonchev–Trinajstić information content (AvgIpc) is 2.61. The van der Waals surface area contributed by atoms with Crippen molar-refractivity contribution in [2.45, 2.75) is 6.92 Å². The molecule has 4 aromatic rings. The van der Waals surface area contributed by atoms with Gasteiger partial charge in [0.25, 0.3) is 0 Å². The monoisotopic (exact) mass is 396 g/mol. The molecule has 24 heavy (non-hydrogen) atoms. The number of hydrogen-bond donors (Lipinski definition) is 0. The Labute approximate surface area is 154 Å². The summed E-state index contributed by atoms with van der Waals surface area (Å²) in [5.41, 5.74) is 1.04. The van der Waals surface area contributed by atoms with Crippen LogP contribution in [-0.2, 0) is 0 Å². The minimum Gasteiger partial charge on any atom is -0.455 e. The Bertz CT molecular complexity index is 1070. The van der Waals surface area contributed by atoms with Crippen LogP contribution in [0.25, 0.3) is 21.5 Å². The molecular formula is C21H14BrClO. The molecule has 0 aromatic heterocycles. The van der Waals surface area contributed by atoms with E-state index >= 15 is 0 Å². The van der Waals surface area contributed by atoms with Gasteiger partial charge in [-0.25, -0.2) is 0 Å². The molecule has 0 saturated carbocycles. The molecular weight excluding hydrogens is 384 g/mol. The molecule has 0 amide bonds. The second-order valence-electron chi connectivity index (χ2n) is 5.75. The molecule has 3 heteroatoms. The van der Waals surface area contributed by atoms with Crippen LogP contribution in [-0.4, -0.2) is 0 Å². The summed E-state index contributed by atoms with van der Waals surface area (Å²) in [7, 11) is 0. The Morgan fingerprint density at radius 3 is 2.08 bits per heavy atom. The SMILES string of the molecule is Cc1ccc(Cl)cc1Oc1c(Br)c2ccccc2c2ccccc12. The normalized spacial score (nSPS) is 11.1. The summed E-state index contributed by atoms with van der Waals surface area (Å²) in [4.78, 5) is 0. The topological polar surface area (TPSA) is 9.23 Å². The van der Waals surface area contributed by atoms with E-state index in [-0.39, 0.29) is 0 Å². The van der Waals surface area contributed by atoms with E-state index in [4.69, 9.17) is 16.3 Å². The minimum atomic E-state index is 0.664. The molecule has 0 atom stereocenters. The highest BCUT2D eigenvalue weighted by Crippen LogP contribution is 2.43. The third-order valence-electron chi connectivity index (χ3n) is 4.19. The van der Waals surface area contributed by atoms with Gasteiger partial charge >= 0.3 is 0 Å². The van der Waals surface area contributed by atoms with E-state index in [0.29, 0.717) is 5.02 Å². The fourth-order valence-electron chi connectivity index (χ4n) is 2.96. The summed E-state index contributed by atoms with van der Waals surface area (Å²) >= 11 is 9.89. The standard InChI is InChI=1S/C21H14BrClO/c1-13-10-11-14(23)12-19(13)24-21-18-9-5-3-7-16(18)15-6-2-4-8-17(15)20(21)22/h2-12H,1H3. The third kappa shape index (κ3) is 2.56. The lowest BCUT2D eigenvalue weighted by molar-refractivity contribution is 0.482. The summed E-state index contributed by atoms with van der Waals surface area (Å²) in [6.45, 7) is 2.02. The fraction of sp³-hybridized carbons (Fsp3) is 0.0476. The molecule has 0 fully saturated rings. The Morgan fingerprint density at radius 1 is 0.792 bits per heavy atom. The molecule has 1 nitrogen and oxygen atoms in total. The van der Waals surface area contributed by atoms with Crippen LogP contribution in [0, 0.1) is 6.92 Å². The van der Waals surface area contributed by atoms with Gasteiger partial charge in [0.1, 0.15) is 11.5 Å². The van der Waals surface area contributed by atoms with Crippen molar-refractivity contribution in [1.82, 2.24) is 0 Å². The van der Waals surface area contributed by atoms with Crippen molar-refractivity contribution in [3.63, 3.8) is 0 Å². The third-order valence-corrected chi connectivity index (χ3v) is 5.21. The van der Waals surface area contributed by atoms with Crippen LogP contribution in [0.3, 0.4) is 0 Å². The Balaban J connectivity index is 2.03. The van der Waals surface area contributed by atoms with Crippen LogP contribution in [0.15, 0.2) is 71.2 Å². The van der Waals surface area contributed by atoms with Gasteiger partial charge in [-0.05, 0) is 51.3 Å². The van der Waals surface area contributed by atoms with Crippen LogP contribution in [0.5, 0.6) is 11.5 Å². The van der Waals surface area contributed by atoms with Crippen molar-refractivity contribution in [2.75, 3.05) is 0 Å². The summed E-state index contributed by atoms with van der Waals surface area (Å²) in [5, 5.41) is 5.24. The number of aryl methyl sites for hydroxylation is 1. The van der Waals surface area contributed by atoms with Crippen LogP contribution in [0.1, 0.15) is 5.56 Å². The van der Waals surface area contributed by atoms with Gasteiger partial charge in [0.2, 0.25) is 0 Å². The number of halogens is 2. The largest absolute Gasteiger partial charge is 0.455 e. The van der Waals surface area contributed by atoms with E-state index in [2.05, 4.69) is 52.3 Å². The van der Waals surface area contributed by atoms with Crippen molar-refractivity contribution in [3.05, 3.63) is 81.8 Å². The predicted molar refractivity (Wildman–Crippen MR) is 105 cm³/mol. The number of fused-ring (bicyclic) bond motifs is 3. The zero-order chi connectivity index (χ0) is 16.7. The first-order chi connectivity index (χ1) is 11.6. The molecule has 0 bridgehead atoms. The van der Waals surface area contributed by atoms with Crippen molar-refractivity contribution in [1.29, 1.82) is 0 Å². The molecule has 0 radical (unpaired) electrons. The molecule has 0 heterocycles. The molecule has 0 aliphatic carbocycles. The van der Waals surface area contributed by atoms with Crippen molar-refractivity contribution in [2.24, 2.45) is 0 Å². The van der Waals surface area contributed by atoms with Crippen LogP contribution < -0.4 is 4.74 Å². The molecule has 0 spiro atoms. The summed E-state index contributed by atoms with van der Waals surface area (Å²) < 4.78 is 7.27. The quantitative estimate of drug-likeness (QED) is 0.318. The lowest BCUT2D eigenvalue weighted by Crippen LogP contribution is -1.92. The maximum absolute atomic E-state index is 6.31. The van der Waals surface area contributed by atoms with Crippen LogP contribution in [0.2, 0.25) is 5.02 Å². The minimum absolute atomic E-state index is 0.664. The Kier molecular flexibility index (Phi) is 3.95. The molecule has 118 valence electrons. The fourth-order valence-corrected chi connectivity index (χ4v) is 3.76. The molecule has 0 saturated heterocycles. The zero-order valence-corrected chi connectivity index (χ0v) is 15.4. The van der Waals surface area contributed by atoms with Gasteiger partial charge in [0, 0.05) is 15.8 Å². The van der Waals surface area contributed by atoms with Gasteiger partial charge < -0.3 is 4.74 Å². The van der Waals surface area contributed by atoms with Gasteiger partial charge in [-0.15, -0.1) is 0 Å². The van der Waals surface area contributed by atoms with E-state index < -0.39 is 0 Å². The number of ether oxygens (including phenoxy) is 1. The van der Waals surface area contributed by atoms with Gasteiger partial charge in [0.15, 0.2) is 0 Å². The van der Waals surface area contributed by atoms with Crippen LogP contribution >= 0.6 is 27.5 Å². The van der Waals surface area contributed by atoms with Crippen LogP contribution in [0.4, 0.5) is 0 Å². The van der Waals surface area contributed by atoms with Gasteiger partial charge in [-0.3, -0.25) is 0 Å². The highest BCUT2D eigenvalue weighted by Gasteiger charge is 2.15. The molecule has 0 aliphatic rings. The Morgan fingerprint density at radius 2 is 1.38 bits per heavy atom. The van der Waals surface area contributed by atoms with E-state index in [1.165, 1.54) is 10.8 Å². The van der Waals surface area contributed by atoms with E-state index in [9.17, 15) is 0 Å². The van der Waals surface area contributed by atoms with Gasteiger partial charge in [-0.1, -0.05) is 66.2 Å². The molecule has 0 N–H and O–H groups in total. The smallest absolute Gasteiger partial charge is 0.150 e. The molecule has 4 aromatic carbocycles. The van der Waals surface area contributed by atoms with Crippen molar-refractivity contribution < 1.29 is 4.74 Å². The van der Waals surface area contributed by atoms with E-state index in [1.54, 1.807) is 0 Å². The number of benzene rings is 4. The lowest BCUT2D eigenvalue weighted by atomic mass is 10.0. The molecule has 4 rings (SSSR count). The highest BCUT2D eigenvalue weighted by molar-refractivity contribution is 9.10. The molecule has 0 unspecified atom stereocenters. The number of rotatable bonds is 2. The zero-order valence-electron chi connectivity index (χ0n) is 13.0. The van der Waals surface area contributed by atoms with Gasteiger partial charge in [0.05, 0.1) is 4.47 Å². The Hall–Kier alpha value is -2.03. The molecule has 0 aliphatic heterocycles. The maximum atomic E-state index is 6.31. The summed E-state index contributed by atoms with van der Waals surface area (Å²) in [5.74, 6) is 1.58. The second-order valence-corrected chi connectivity index (χ2v) is 6.98. The first-order valence-corrected chi connectivity index (χ1v) is 8.85. The van der Waals surface area contributed by atoms with Crippen molar-refractivity contribution >= 4 is 49.1 Å². The van der Waals surface area contributed by atoms with Crippen molar-refractivity contribution in [3.8, 4) is 11.5 Å². The average molecular weight is 398 g/mol. The summed E-state index contributed by atoms with van der Waals surface area (Å²) in [6, 6.07) is 22.3. The lowest BCUT2D eigenvalue weighted by Gasteiger charge is -2.16. The summed E-state index contributed by atoms with van der Waals surface area (Å²) in [6.07, 6.45) is 0. The first kappa shape index (κ1) is 15.5. The van der Waals surface area contributed by atoms with E-state index in [0.717, 1.165) is 32.3 Å².